The van der Waals surface area contributed by atoms with E-state index in [1.54, 1.807) is 21.3 Å². The van der Waals surface area contributed by atoms with Crippen LogP contribution in [0.4, 0.5) is 0 Å². The van der Waals surface area contributed by atoms with Gasteiger partial charge in [-0.25, -0.2) is 0 Å². The number of methoxy groups -OCH3 is 3. The van der Waals surface area contributed by atoms with Crippen LogP contribution in [0, 0.1) is 0 Å². The fraction of sp³-hybridized carbons (Fsp3) is 0.182. The van der Waals surface area contributed by atoms with Gasteiger partial charge in [0, 0.05) is 0 Å². The standard InChI is InChI=1S/C22H24ClO3P.3ClH.Fe/c1-24-17-5-11-20(12-6-17)27(4,23,21-13-7-18(25-2)8-14-21)22-15-9-19(26-3)10-16-22;;;;/h5-16H,1-4H3;3*1H;/q;;;;+3/p-3. The first-order chi connectivity index (χ1) is 14.6. The third kappa shape index (κ3) is 6.15. The fourth-order valence-electron chi connectivity index (χ4n) is 3.26. The van der Waals surface area contributed by atoms with Gasteiger partial charge < -0.3 is 0 Å². The van der Waals surface area contributed by atoms with Gasteiger partial charge in [0.2, 0.25) is 0 Å². The van der Waals surface area contributed by atoms with Gasteiger partial charge in [0.05, 0.1) is 0 Å². The summed E-state index contributed by atoms with van der Waals surface area (Å²) in [5.41, 5.74) is 0. The van der Waals surface area contributed by atoms with Crippen molar-refractivity contribution in [1.82, 2.24) is 0 Å². The molecule has 0 amide bonds. The van der Waals surface area contributed by atoms with Crippen molar-refractivity contribution < 1.29 is 25.4 Å². The average Bonchev–Trinajstić information content (AvgIpc) is 2.79. The van der Waals surface area contributed by atoms with Gasteiger partial charge in [-0.3, -0.25) is 0 Å². The van der Waals surface area contributed by atoms with Crippen molar-refractivity contribution in [2.24, 2.45) is 0 Å². The van der Waals surface area contributed by atoms with E-state index in [1.165, 1.54) is 0 Å². The van der Waals surface area contributed by atoms with Crippen molar-refractivity contribution in [3.05, 3.63) is 72.8 Å². The first kappa shape index (κ1) is 26.4. The molecule has 0 radical (unpaired) electrons. The molecule has 0 aliphatic heterocycles. The van der Waals surface area contributed by atoms with E-state index < -0.39 is 17.1 Å². The van der Waals surface area contributed by atoms with E-state index in [4.69, 9.17) is 55.7 Å². The van der Waals surface area contributed by atoms with E-state index in [0.717, 1.165) is 33.2 Å². The molecule has 0 heterocycles. The van der Waals surface area contributed by atoms with Gasteiger partial charge in [-0.15, -0.1) is 0 Å². The molecule has 3 aromatic rings. The van der Waals surface area contributed by atoms with Gasteiger partial charge in [-0.1, -0.05) is 0 Å². The van der Waals surface area contributed by atoms with Crippen LogP contribution >= 0.6 is 47.5 Å². The molecule has 0 aliphatic rings. The summed E-state index contributed by atoms with van der Waals surface area (Å²) in [6.45, 7) is 2.15. The molecule has 0 aliphatic carbocycles. The Bertz CT molecular complexity index is 840. The first-order valence-electron chi connectivity index (χ1n) is 8.99. The van der Waals surface area contributed by atoms with Crippen LogP contribution in [-0.2, 0) is 11.2 Å². The second kappa shape index (κ2) is 11.3. The second-order valence-corrected chi connectivity index (χ2v) is 19.1. The van der Waals surface area contributed by atoms with Crippen LogP contribution < -0.4 is 30.1 Å². The SMILES string of the molecule is COc1ccc(P(C)(Cl)(c2ccc(OC)cc2)c2ccc(OC)cc2)cc1.[Cl][Fe]([Cl])[Cl]. The molecule has 0 saturated heterocycles. The Morgan fingerprint density at radius 2 is 0.742 bits per heavy atom. The average molecular weight is 565 g/mol. The molecule has 0 saturated carbocycles. The van der Waals surface area contributed by atoms with Crippen LogP contribution in [-0.4, -0.2) is 28.0 Å². The zero-order valence-corrected chi connectivity index (χ0v) is 22.5. The van der Waals surface area contributed by atoms with Gasteiger partial charge in [0.1, 0.15) is 0 Å². The molecule has 0 bridgehead atoms. The van der Waals surface area contributed by atoms with Gasteiger partial charge in [0.15, 0.2) is 0 Å². The molecule has 0 atom stereocenters. The maximum absolute atomic E-state index is 7.67. The van der Waals surface area contributed by atoms with E-state index in [0.29, 0.717) is 0 Å². The predicted molar refractivity (Wildman–Crippen MR) is 134 cm³/mol. The molecule has 0 N–H and O–H groups in total. The maximum atomic E-state index is 7.67. The predicted octanol–water partition coefficient (Wildman–Crippen LogP) is 6.39. The minimum atomic E-state index is -3.18. The number of ether oxygens (including phenoxy) is 3. The Balaban J connectivity index is 0.000000785. The summed E-state index contributed by atoms with van der Waals surface area (Å²) >= 11 is 6.33. The molecule has 0 fully saturated rings. The van der Waals surface area contributed by atoms with Crippen molar-refractivity contribution in [2.45, 2.75) is 0 Å². The molecular weight excluding hydrogens is 541 g/mol. The normalized spacial score (nSPS) is 12.5. The molecule has 3 aromatic carbocycles. The summed E-state index contributed by atoms with van der Waals surface area (Å²) in [5.74, 6) is -0.771. The topological polar surface area (TPSA) is 27.7 Å². The van der Waals surface area contributed by atoms with Crippen LogP contribution in [0.25, 0.3) is 0 Å². The van der Waals surface area contributed by atoms with E-state index in [-0.39, 0.29) is 0 Å². The van der Waals surface area contributed by atoms with Gasteiger partial charge >= 0.3 is 207 Å². The summed E-state index contributed by atoms with van der Waals surface area (Å²) in [4.78, 5) is 0. The number of benzene rings is 3. The van der Waals surface area contributed by atoms with E-state index >= 15 is 0 Å². The Kier molecular flexibility index (Phi) is 9.67. The summed E-state index contributed by atoms with van der Waals surface area (Å²) in [6.07, 6.45) is 0. The second-order valence-electron chi connectivity index (χ2n) is 6.67. The number of rotatable bonds is 6. The molecule has 9 heteroatoms. The van der Waals surface area contributed by atoms with Crippen LogP contribution in [0.1, 0.15) is 0 Å². The summed E-state index contributed by atoms with van der Waals surface area (Å²) in [7, 11) is 19.6. The molecule has 3 nitrogen and oxygen atoms in total. The van der Waals surface area contributed by atoms with Crippen LogP contribution in [0.3, 0.4) is 0 Å². The third-order valence-electron chi connectivity index (χ3n) is 5.06. The minimum absolute atomic E-state index is 0.804. The van der Waals surface area contributed by atoms with Crippen LogP contribution in [0.15, 0.2) is 72.8 Å². The van der Waals surface area contributed by atoms with Crippen LogP contribution in [0.5, 0.6) is 17.2 Å². The molecule has 0 unspecified atom stereocenters. The Labute approximate surface area is 205 Å². The van der Waals surface area contributed by atoms with Crippen LogP contribution in [0.2, 0.25) is 0 Å². The Morgan fingerprint density at radius 1 is 0.548 bits per heavy atom. The van der Waals surface area contributed by atoms with Crippen molar-refractivity contribution in [3.63, 3.8) is 0 Å². The Hall–Kier alpha value is -0.831. The van der Waals surface area contributed by atoms with Crippen molar-refractivity contribution in [1.29, 1.82) is 0 Å². The number of hydrogen-bond donors (Lipinski definition) is 0. The summed E-state index contributed by atoms with van der Waals surface area (Å²) in [5, 5.41) is 3.21. The first-order valence-corrected chi connectivity index (χ1v) is 17.1. The van der Waals surface area contributed by atoms with Crippen molar-refractivity contribution in [3.8, 4) is 17.2 Å². The molecule has 31 heavy (non-hydrogen) atoms. The Morgan fingerprint density at radius 3 is 0.903 bits per heavy atom. The van der Waals surface area contributed by atoms with Gasteiger partial charge in [-0.05, 0) is 0 Å². The molecule has 171 valence electrons. The summed E-state index contributed by atoms with van der Waals surface area (Å²) < 4.78 is 16.0. The van der Waals surface area contributed by atoms with Gasteiger partial charge in [-0.2, -0.15) is 0 Å². The zero-order valence-electron chi connectivity index (χ0n) is 17.5. The van der Waals surface area contributed by atoms with E-state index in [9.17, 15) is 0 Å². The number of hydrogen-bond acceptors (Lipinski definition) is 3. The molecular formula is C22H24Cl4FeO3P. The monoisotopic (exact) mass is 563 g/mol. The number of halogens is 4. The van der Waals surface area contributed by atoms with Crippen molar-refractivity contribution in [2.75, 3.05) is 28.0 Å². The van der Waals surface area contributed by atoms with Crippen molar-refractivity contribution >= 4 is 63.4 Å². The molecule has 0 spiro atoms. The quantitative estimate of drug-likeness (QED) is 0.256. The third-order valence-corrected chi connectivity index (χ3v) is 11.4. The van der Waals surface area contributed by atoms with E-state index in [2.05, 4.69) is 43.1 Å². The molecule has 3 rings (SSSR count). The van der Waals surface area contributed by atoms with Gasteiger partial charge in [0.25, 0.3) is 0 Å². The zero-order chi connectivity index (χ0) is 23.1. The van der Waals surface area contributed by atoms with E-state index in [1.807, 2.05) is 36.4 Å². The molecule has 0 aromatic heterocycles. The summed E-state index contributed by atoms with van der Waals surface area (Å²) in [6, 6.07) is 24.0. The fourth-order valence-corrected chi connectivity index (χ4v) is 7.74.